The highest BCUT2D eigenvalue weighted by atomic mass is 35.5. The fourth-order valence-electron chi connectivity index (χ4n) is 2.53. The third kappa shape index (κ3) is 3.66. The van der Waals surface area contributed by atoms with Gasteiger partial charge in [0.2, 0.25) is 11.8 Å². The van der Waals surface area contributed by atoms with Gasteiger partial charge in [-0.1, -0.05) is 23.2 Å². The highest BCUT2D eigenvalue weighted by molar-refractivity contribution is 6.31. The van der Waals surface area contributed by atoms with Crippen LogP contribution in [0.5, 0.6) is 0 Å². The Morgan fingerprint density at radius 1 is 1.00 bits per heavy atom. The molecular weight excluding hydrogens is 335 g/mol. The van der Waals surface area contributed by atoms with E-state index in [9.17, 15) is 9.59 Å². The van der Waals surface area contributed by atoms with E-state index in [0.29, 0.717) is 22.3 Å². The topological polar surface area (TPSA) is 49.4 Å². The zero-order chi connectivity index (χ0) is 16.4. The molecule has 0 radical (unpaired) electrons. The number of halogens is 2. The van der Waals surface area contributed by atoms with Crippen molar-refractivity contribution in [3.63, 3.8) is 0 Å². The maximum absolute atomic E-state index is 12.3. The summed E-state index contributed by atoms with van der Waals surface area (Å²) in [5, 5.41) is 4.03. The van der Waals surface area contributed by atoms with Crippen molar-refractivity contribution in [2.24, 2.45) is 5.92 Å². The lowest BCUT2D eigenvalue weighted by Gasteiger charge is -2.16. The van der Waals surface area contributed by atoms with E-state index in [1.54, 1.807) is 53.4 Å². The van der Waals surface area contributed by atoms with Crippen molar-refractivity contribution in [3.05, 3.63) is 58.6 Å². The van der Waals surface area contributed by atoms with Gasteiger partial charge < -0.3 is 10.2 Å². The molecule has 0 spiro atoms. The number of anilines is 2. The summed E-state index contributed by atoms with van der Waals surface area (Å²) in [6.07, 6.45) is 0.196. The number of hydrogen-bond donors (Lipinski definition) is 1. The standard InChI is InChI=1S/C17H14Cl2N2O2/c18-12-1-5-14(6-2-12)20-17(23)11-9-16(22)21(10-11)15-7-3-13(19)4-8-15/h1-8,11H,9-10H2,(H,20,23). The van der Waals surface area contributed by atoms with Crippen LogP contribution in [0.15, 0.2) is 48.5 Å². The van der Waals surface area contributed by atoms with E-state index in [1.165, 1.54) is 0 Å². The number of nitrogens with one attached hydrogen (secondary N) is 1. The number of nitrogens with zero attached hydrogens (tertiary/aromatic N) is 1. The Balaban J connectivity index is 1.68. The Labute approximate surface area is 144 Å². The molecule has 1 aliphatic heterocycles. The minimum absolute atomic E-state index is 0.0661. The predicted molar refractivity (Wildman–Crippen MR) is 92.0 cm³/mol. The van der Waals surface area contributed by atoms with Crippen molar-refractivity contribution in [1.82, 2.24) is 0 Å². The first-order chi connectivity index (χ1) is 11.0. The predicted octanol–water partition coefficient (Wildman–Crippen LogP) is 3.99. The maximum atomic E-state index is 12.3. The van der Waals surface area contributed by atoms with Gasteiger partial charge in [-0.2, -0.15) is 0 Å². The monoisotopic (exact) mass is 348 g/mol. The van der Waals surface area contributed by atoms with Crippen molar-refractivity contribution in [2.75, 3.05) is 16.8 Å². The molecule has 1 atom stereocenters. The highest BCUT2D eigenvalue weighted by Crippen LogP contribution is 2.27. The number of rotatable bonds is 3. The van der Waals surface area contributed by atoms with Crippen LogP contribution < -0.4 is 10.2 Å². The molecule has 2 aromatic carbocycles. The second kappa shape index (κ2) is 6.60. The molecule has 1 heterocycles. The number of hydrogen-bond acceptors (Lipinski definition) is 2. The van der Waals surface area contributed by atoms with Gasteiger partial charge in [0.25, 0.3) is 0 Å². The van der Waals surface area contributed by atoms with Crippen molar-refractivity contribution in [2.45, 2.75) is 6.42 Å². The third-order valence-corrected chi connectivity index (χ3v) is 4.25. The average molecular weight is 349 g/mol. The third-order valence-electron chi connectivity index (χ3n) is 3.75. The summed E-state index contributed by atoms with van der Waals surface area (Å²) >= 11 is 11.7. The zero-order valence-corrected chi connectivity index (χ0v) is 13.6. The van der Waals surface area contributed by atoms with Gasteiger partial charge in [-0.25, -0.2) is 0 Å². The van der Waals surface area contributed by atoms with Crippen LogP contribution in [0.3, 0.4) is 0 Å². The van der Waals surface area contributed by atoms with Crippen LogP contribution in [-0.2, 0) is 9.59 Å². The van der Waals surface area contributed by atoms with Gasteiger partial charge in [0.15, 0.2) is 0 Å². The molecule has 0 saturated carbocycles. The normalized spacial score (nSPS) is 17.4. The van der Waals surface area contributed by atoms with Crippen LogP contribution in [0.4, 0.5) is 11.4 Å². The Morgan fingerprint density at radius 3 is 2.17 bits per heavy atom. The molecule has 2 aromatic rings. The van der Waals surface area contributed by atoms with Crippen LogP contribution in [-0.4, -0.2) is 18.4 Å². The highest BCUT2D eigenvalue weighted by Gasteiger charge is 2.35. The maximum Gasteiger partial charge on any atom is 0.229 e. The molecule has 0 aromatic heterocycles. The lowest BCUT2D eigenvalue weighted by atomic mass is 10.1. The minimum atomic E-state index is -0.381. The van der Waals surface area contributed by atoms with Gasteiger partial charge in [0.05, 0.1) is 5.92 Å². The van der Waals surface area contributed by atoms with Gasteiger partial charge >= 0.3 is 0 Å². The van der Waals surface area contributed by atoms with Crippen LogP contribution in [0.2, 0.25) is 10.0 Å². The van der Waals surface area contributed by atoms with Crippen molar-refractivity contribution < 1.29 is 9.59 Å². The summed E-state index contributed by atoms with van der Waals surface area (Å²) in [7, 11) is 0. The van der Waals surface area contributed by atoms with Crippen LogP contribution in [0.25, 0.3) is 0 Å². The molecule has 3 rings (SSSR count). The molecule has 1 aliphatic rings. The molecule has 1 unspecified atom stereocenters. The molecule has 1 N–H and O–H groups in total. The minimum Gasteiger partial charge on any atom is -0.326 e. The Bertz CT molecular complexity index is 729. The average Bonchev–Trinajstić information content (AvgIpc) is 2.92. The zero-order valence-electron chi connectivity index (χ0n) is 12.1. The number of amides is 2. The number of benzene rings is 2. The SMILES string of the molecule is O=C(Nc1ccc(Cl)cc1)C1CC(=O)N(c2ccc(Cl)cc2)C1. The van der Waals surface area contributed by atoms with Gasteiger partial charge in [0.1, 0.15) is 0 Å². The summed E-state index contributed by atoms with van der Waals surface area (Å²) in [5.74, 6) is -0.616. The number of carbonyl (C=O) groups is 2. The molecule has 4 nitrogen and oxygen atoms in total. The number of carbonyl (C=O) groups excluding carboxylic acids is 2. The quantitative estimate of drug-likeness (QED) is 0.911. The molecule has 0 aliphatic carbocycles. The summed E-state index contributed by atoms with van der Waals surface area (Å²) in [6.45, 7) is 0.361. The van der Waals surface area contributed by atoms with Crippen LogP contribution >= 0.6 is 23.2 Å². The van der Waals surface area contributed by atoms with Crippen molar-refractivity contribution >= 4 is 46.4 Å². The summed E-state index contributed by atoms with van der Waals surface area (Å²) in [5.41, 5.74) is 1.41. The van der Waals surface area contributed by atoms with Gasteiger partial charge in [-0.05, 0) is 48.5 Å². The lowest BCUT2D eigenvalue weighted by molar-refractivity contribution is -0.122. The van der Waals surface area contributed by atoms with Crippen molar-refractivity contribution in [1.29, 1.82) is 0 Å². The Morgan fingerprint density at radius 2 is 1.57 bits per heavy atom. The van der Waals surface area contributed by atoms with E-state index in [2.05, 4.69) is 5.32 Å². The van der Waals surface area contributed by atoms with Gasteiger partial charge in [-0.15, -0.1) is 0 Å². The summed E-state index contributed by atoms with van der Waals surface area (Å²) in [6, 6.07) is 13.9. The van der Waals surface area contributed by atoms with E-state index in [0.717, 1.165) is 5.69 Å². The smallest absolute Gasteiger partial charge is 0.229 e. The molecular formula is C17H14Cl2N2O2. The van der Waals surface area contributed by atoms with E-state index >= 15 is 0 Å². The van der Waals surface area contributed by atoms with E-state index in [-0.39, 0.29) is 24.2 Å². The van der Waals surface area contributed by atoms with E-state index in [4.69, 9.17) is 23.2 Å². The fraction of sp³-hybridized carbons (Fsp3) is 0.176. The van der Waals surface area contributed by atoms with Crippen LogP contribution in [0.1, 0.15) is 6.42 Å². The lowest BCUT2D eigenvalue weighted by Crippen LogP contribution is -2.28. The van der Waals surface area contributed by atoms with E-state index < -0.39 is 0 Å². The fourth-order valence-corrected chi connectivity index (χ4v) is 2.78. The first-order valence-corrected chi connectivity index (χ1v) is 7.91. The molecule has 23 heavy (non-hydrogen) atoms. The molecule has 118 valence electrons. The Hall–Kier alpha value is -2.04. The van der Waals surface area contributed by atoms with Crippen LogP contribution in [0, 0.1) is 5.92 Å². The van der Waals surface area contributed by atoms with Gasteiger partial charge in [0, 0.05) is 34.4 Å². The molecule has 1 saturated heterocycles. The second-order valence-corrected chi connectivity index (χ2v) is 6.25. The first kappa shape index (κ1) is 15.8. The van der Waals surface area contributed by atoms with Gasteiger partial charge in [-0.3, -0.25) is 9.59 Å². The van der Waals surface area contributed by atoms with E-state index in [1.807, 2.05) is 0 Å². The largest absolute Gasteiger partial charge is 0.326 e. The summed E-state index contributed by atoms with van der Waals surface area (Å²) < 4.78 is 0. The molecule has 0 bridgehead atoms. The first-order valence-electron chi connectivity index (χ1n) is 7.15. The Kier molecular flexibility index (Phi) is 4.55. The second-order valence-electron chi connectivity index (χ2n) is 5.38. The summed E-state index contributed by atoms with van der Waals surface area (Å²) in [4.78, 5) is 26.1. The molecule has 2 amide bonds. The molecule has 1 fully saturated rings. The van der Waals surface area contributed by atoms with Crippen molar-refractivity contribution in [3.8, 4) is 0 Å². The molecule has 6 heteroatoms.